The highest BCUT2D eigenvalue weighted by Gasteiger charge is 2.20. The molecule has 0 aliphatic heterocycles. The summed E-state index contributed by atoms with van der Waals surface area (Å²) in [5, 5.41) is 14.7. The minimum absolute atomic E-state index is 1.07. The molecule has 0 aromatic heterocycles. The lowest BCUT2D eigenvalue weighted by atomic mass is 9.86. The fraction of sp³-hybridized carbons (Fsp3) is 0. The summed E-state index contributed by atoms with van der Waals surface area (Å²) in [6.45, 7) is 0. The Balaban J connectivity index is 0.705. The Kier molecular flexibility index (Phi) is 16.4. The molecule has 0 aliphatic carbocycles. The molecular weight excluding hydrogens is 1210 g/mol. The molecule has 17 aromatic rings. The van der Waals surface area contributed by atoms with Gasteiger partial charge >= 0.3 is 0 Å². The van der Waals surface area contributed by atoms with Crippen LogP contribution in [0.5, 0.6) is 0 Å². The van der Waals surface area contributed by atoms with Crippen LogP contribution >= 0.6 is 0 Å². The number of hydrogen-bond acceptors (Lipinski definition) is 2. The van der Waals surface area contributed by atoms with E-state index in [-0.39, 0.29) is 0 Å². The average molecular weight is 1270 g/mol. The normalized spacial score (nSPS) is 11.8. The zero-order valence-corrected chi connectivity index (χ0v) is 55.2. The Morgan fingerprint density at radius 2 is 0.340 bits per heavy atom. The van der Waals surface area contributed by atoms with Crippen LogP contribution in [-0.2, 0) is 0 Å². The SMILES string of the molecule is C(=Cc1cccc2ccccc12)c1ccc(N(c2ccc(C=Cc3cccc4ccccc34)cc2)c2ccc(-c3c4ccccc4c(-c4ccc(N(c5ccc(C=Cc6cccc7ccccc67)cc5)c5ccc(C=Cc6cccc7ccccc67)cc5)cc4)c4ccccc34)cc2)cc1. The molecular formula is C98H68N2. The number of fused-ring (bicyclic) bond motifs is 6. The van der Waals surface area contributed by atoms with Crippen LogP contribution in [0.2, 0.25) is 0 Å². The third-order valence-electron chi connectivity index (χ3n) is 19.5. The van der Waals surface area contributed by atoms with Crippen LogP contribution in [0.1, 0.15) is 44.5 Å². The fourth-order valence-electron chi connectivity index (χ4n) is 14.5. The molecule has 0 saturated carbocycles. The average Bonchev–Trinajstić information content (AvgIpc) is 0.730. The standard InChI is InChI=1S/C98H68N2/c1-5-29-89-73(17-1)21-13-25-77(89)49-37-69-41-57-83(58-42-69)99(84-59-43-70(44-60-84)38-50-78-26-14-22-74-18-2-6-30-90(74)78)87-65-53-81(54-66-87)97-93-33-9-11-35-95(93)98(96-36-12-10-34-94(96)97)82-55-67-88(68-56-82)100(85-61-45-71(46-62-85)39-51-79-27-15-23-75-19-3-7-31-91(75)79)86-63-47-72(48-64-86)40-52-80-28-16-24-76-20-4-8-32-92(76)80/h1-68H. The van der Waals surface area contributed by atoms with E-state index in [0.717, 1.165) is 67.5 Å². The van der Waals surface area contributed by atoms with Gasteiger partial charge in [-0.1, -0.05) is 340 Å². The van der Waals surface area contributed by atoms with Gasteiger partial charge in [-0.25, -0.2) is 0 Å². The summed E-state index contributed by atoms with van der Waals surface area (Å²) in [5.74, 6) is 0. The van der Waals surface area contributed by atoms with E-state index in [1.165, 1.54) is 98.0 Å². The van der Waals surface area contributed by atoms with Gasteiger partial charge in [-0.05, 0) is 204 Å². The Hall–Kier alpha value is -13.1. The van der Waals surface area contributed by atoms with Gasteiger partial charge in [0.25, 0.3) is 0 Å². The summed E-state index contributed by atoms with van der Waals surface area (Å²) >= 11 is 0. The maximum Gasteiger partial charge on any atom is 0.0462 e. The summed E-state index contributed by atoms with van der Waals surface area (Å²) in [6, 6.07) is 132. The molecule has 0 radical (unpaired) electrons. The van der Waals surface area contributed by atoms with Crippen molar-refractivity contribution in [3.05, 3.63) is 408 Å². The van der Waals surface area contributed by atoms with Crippen molar-refractivity contribution < 1.29 is 0 Å². The zero-order chi connectivity index (χ0) is 66.6. The van der Waals surface area contributed by atoms with Gasteiger partial charge in [-0.3, -0.25) is 0 Å². The van der Waals surface area contributed by atoms with E-state index in [4.69, 9.17) is 0 Å². The van der Waals surface area contributed by atoms with E-state index < -0.39 is 0 Å². The Labute approximate surface area is 584 Å². The third-order valence-corrected chi connectivity index (χ3v) is 19.5. The first-order valence-electron chi connectivity index (χ1n) is 34.4. The van der Waals surface area contributed by atoms with Crippen molar-refractivity contribution in [2.45, 2.75) is 0 Å². The molecule has 0 bridgehead atoms. The van der Waals surface area contributed by atoms with Gasteiger partial charge in [-0.15, -0.1) is 0 Å². The van der Waals surface area contributed by atoms with Crippen LogP contribution in [0.4, 0.5) is 34.1 Å². The van der Waals surface area contributed by atoms with Crippen molar-refractivity contribution >= 4 is 147 Å². The van der Waals surface area contributed by atoms with Crippen LogP contribution in [0.3, 0.4) is 0 Å². The van der Waals surface area contributed by atoms with Gasteiger partial charge in [0.2, 0.25) is 0 Å². The molecule has 0 unspecified atom stereocenters. The van der Waals surface area contributed by atoms with Gasteiger partial charge in [0, 0.05) is 34.1 Å². The molecule has 0 amide bonds. The molecule has 0 heterocycles. The van der Waals surface area contributed by atoms with Gasteiger partial charge in [-0.2, -0.15) is 0 Å². The topological polar surface area (TPSA) is 6.48 Å². The van der Waals surface area contributed by atoms with Crippen LogP contribution < -0.4 is 9.80 Å². The Morgan fingerprint density at radius 3 is 0.570 bits per heavy atom. The van der Waals surface area contributed by atoms with Crippen LogP contribution in [0, 0.1) is 0 Å². The molecule has 2 nitrogen and oxygen atoms in total. The predicted molar refractivity (Wildman–Crippen MR) is 433 cm³/mol. The van der Waals surface area contributed by atoms with E-state index in [9.17, 15) is 0 Å². The number of nitrogens with zero attached hydrogens (tertiary/aromatic N) is 2. The summed E-state index contributed by atoms with van der Waals surface area (Å²) < 4.78 is 0. The maximum atomic E-state index is 2.37. The largest absolute Gasteiger partial charge is 0.311 e. The van der Waals surface area contributed by atoms with Crippen LogP contribution in [-0.4, -0.2) is 0 Å². The number of rotatable bonds is 16. The molecule has 0 spiro atoms. The van der Waals surface area contributed by atoms with E-state index in [1.807, 2.05) is 0 Å². The highest BCUT2D eigenvalue weighted by atomic mass is 15.1. The highest BCUT2D eigenvalue weighted by Crippen LogP contribution is 2.46. The highest BCUT2D eigenvalue weighted by molar-refractivity contribution is 6.21. The molecule has 0 aliphatic rings. The number of hydrogen-bond donors (Lipinski definition) is 0. The zero-order valence-electron chi connectivity index (χ0n) is 55.2. The lowest BCUT2D eigenvalue weighted by Gasteiger charge is -2.26. The molecule has 100 heavy (non-hydrogen) atoms. The van der Waals surface area contributed by atoms with Crippen LogP contribution in [0.25, 0.3) is 135 Å². The van der Waals surface area contributed by atoms with Gasteiger partial charge in [0.05, 0.1) is 0 Å². The molecule has 0 N–H and O–H groups in total. The monoisotopic (exact) mass is 1270 g/mol. The summed E-state index contributed by atoms with van der Waals surface area (Å²) in [5.41, 5.74) is 20.5. The molecule has 0 atom stereocenters. The summed E-state index contributed by atoms with van der Waals surface area (Å²) in [6.07, 6.45) is 17.8. The van der Waals surface area contributed by atoms with Crippen molar-refractivity contribution in [2.24, 2.45) is 0 Å². The quantitative estimate of drug-likeness (QED) is 0.0703. The molecule has 17 rings (SSSR count). The molecule has 0 fully saturated rings. The molecule has 0 saturated heterocycles. The van der Waals surface area contributed by atoms with E-state index in [0.29, 0.717) is 0 Å². The minimum Gasteiger partial charge on any atom is -0.311 e. The van der Waals surface area contributed by atoms with E-state index >= 15 is 0 Å². The fourth-order valence-corrected chi connectivity index (χ4v) is 14.5. The summed E-state index contributed by atoms with van der Waals surface area (Å²) in [7, 11) is 0. The third kappa shape index (κ3) is 12.2. The maximum absolute atomic E-state index is 2.37. The number of anilines is 6. The van der Waals surface area contributed by atoms with Crippen molar-refractivity contribution in [3.8, 4) is 22.3 Å². The second kappa shape index (κ2) is 27.2. The number of benzene rings is 17. The second-order valence-electron chi connectivity index (χ2n) is 25.6. The lowest BCUT2D eigenvalue weighted by Crippen LogP contribution is -2.10. The Bertz CT molecular complexity index is 5260. The van der Waals surface area contributed by atoms with Gasteiger partial charge in [0.1, 0.15) is 0 Å². The smallest absolute Gasteiger partial charge is 0.0462 e. The second-order valence-corrected chi connectivity index (χ2v) is 25.6. The van der Waals surface area contributed by atoms with Crippen LogP contribution in [0.15, 0.2) is 364 Å². The van der Waals surface area contributed by atoms with Crippen molar-refractivity contribution in [2.75, 3.05) is 9.80 Å². The van der Waals surface area contributed by atoms with Crippen molar-refractivity contribution in [1.29, 1.82) is 0 Å². The van der Waals surface area contributed by atoms with E-state index in [1.54, 1.807) is 0 Å². The molecule has 470 valence electrons. The van der Waals surface area contributed by atoms with Gasteiger partial charge < -0.3 is 9.80 Å². The van der Waals surface area contributed by atoms with E-state index in [2.05, 4.69) is 422 Å². The van der Waals surface area contributed by atoms with Crippen molar-refractivity contribution in [3.63, 3.8) is 0 Å². The lowest BCUT2D eigenvalue weighted by molar-refractivity contribution is 1.28. The summed E-state index contributed by atoms with van der Waals surface area (Å²) in [4.78, 5) is 4.73. The minimum atomic E-state index is 1.07. The molecule has 2 heteroatoms. The first-order chi connectivity index (χ1) is 49.6. The first-order valence-corrected chi connectivity index (χ1v) is 34.4. The Morgan fingerprint density at radius 1 is 0.150 bits per heavy atom. The van der Waals surface area contributed by atoms with Crippen molar-refractivity contribution in [1.82, 2.24) is 0 Å². The van der Waals surface area contributed by atoms with Gasteiger partial charge in [0.15, 0.2) is 0 Å². The first kappa shape index (κ1) is 60.5. The molecule has 17 aromatic carbocycles. The predicted octanol–water partition coefficient (Wildman–Crippen LogP) is 27.6.